The van der Waals surface area contributed by atoms with Gasteiger partial charge in [0.15, 0.2) is 5.65 Å². The molecule has 0 spiro atoms. The number of amides is 1. The maximum atomic E-state index is 13.0. The van der Waals surface area contributed by atoms with Crippen molar-refractivity contribution in [1.29, 1.82) is 0 Å². The van der Waals surface area contributed by atoms with Gasteiger partial charge in [-0.25, -0.2) is 4.98 Å². The van der Waals surface area contributed by atoms with Gasteiger partial charge in [-0.05, 0) is 51.3 Å². The number of carbonyl (C=O) groups excluding carboxylic acids is 1. The molecule has 0 bridgehead atoms. The summed E-state index contributed by atoms with van der Waals surface area (Å²) in [5.41, 5.74) is 6.37. The van der Waals surface area contributed by atoms with Gasteiger partial charge in [0.05, 0.1) is 16.6 Å². The van der Waals surface area contributed by atoms with E-state index in [2.05, 4.69) is 16.5 Å². The number of aromatic nitrogens is 3. The van der Waals surface area contributed by atoms with Gasteiger partial charge in [-0.15, -0.1) is 0 Å². The first-order valence-corrected chi connectivity index (χ1v) is 8.67. The van der Waals surface area contributed by atoms with Gasteiger partial charge in [-0.3, -0.25) is 9.48 Å². The zero-order valence-electron chi connectivity index (χ0n) is 15.1. The van der Waals surface area contributed by atoms with Crippen molar-refractivity contribution < 1.29 is 4.79 Å². The van der Waals surface area contributed by atoms with Crippen molar-refractivity contribution in [3.05, 3.63) is 52.3 Å². The Labute approximate surface area is 147 Å². The molecule has 5 nitrogen and oxygen atoms in total. The molecule has 0 aliphatic heterocycles. The first-order valence-electron chi connectivity index (χ1n) is 8.67. The summed E-state index contributed by atoms with van der Waals surface area (Å²) in [6.07, 6.45) is 2.29. The third-order valence-corrected chi connectivity index (χ3v) is 4.86. The molecule has 1 amide bonds. The van der Waals surface area contributed by atoms with E-state index in [1.807, 2.05) is 46.0 Å². The quantitative estimate of drug-likeness (QED) is 0.787. The first kappa shape index (κ1) is 15.8. The Morgan fingerprint density at radius 2 is 1.96 bits per heavy atom. The number of pyridine rings is 1. The number of aryl methyl sites for hydroxylation is 4. The van der Waals surface area contributed by atoms with Crippen LogP contribution in [-0.2, 0) is 7.05 Å². The Morgan fingerprint density at radius 3 is 2.64 bits per heavy atom. The van der Waals surface area contributed by atoms with Crippen LogP contribution in [0, 0.1) is 20.8 Å². The molecular weight excluding hydrogens is 312 g/mol. The number of carbonyl (C=O) groups is 1. The van der Waals surface area contributed by atoms with Crippen molar-refractivity contribution in [3.8, 4) is 0 Å². The van der Waals surface area contributed by atoms with Crippen molar-refractivity contribution >= 4 is 22.6 Å². The molecule has 1 aromatic carbocycles. The number of nitrogens with one attached hydrogen (secondary N) is 1. The van der Waals surface area contributed by atoms with Crippen molar-refractivity contribution in [2.45, 2.75) is 39.5 Å². The van der Waals surface area contributed by atoms with Crippen LogP contribution in [0.1, 0.15) is 51.6 Å². The summed E-state index contributed by atoms with van der Waals surface area (Å²) < 4.78 is 1.77. The minimum absolute atomic E-state index is 0.0997. The van der Waals surface area contributed by atoms with Crippen LogP contribution in [0.3, 0.4) is 0 Å². The van der Waals surface area contributed by atoms with Crippen LogP contribution in [0.15, 0.2) is 24.3 Å². The summed E-state index contributed by atoms with van der Waals surface area (Å²) in [6.45, 7) is 5.98. The number of anilines is 1. The van der Waals surface area contributed by atoms with Gasteiger partial charge in [0.25, 0.3) is 5.91 Å². The van der Waals surface area contributed by atoms with Crippen LogP contribution < -0.4 is 5.32 Å². The van der Waals surface area contributed by atoms with Crippen LogP contribution in [0.5, 0.6) is 0 Å². The highest BCUT2D eigenvalue weighted by atomic mass is 16.1. The highest BCUT2D eigenvalue weighted by Crippen LogP contribution is 2.40. The molecule has 1 fully saturated rings. The van der Waals surface area contributed by atoms with E-state index in [9.17, 15) is 4.79 Å². The molecule has 2 heterocycles. The third-order valence-electron chi connectivity index (χ3n) is 4.86. The molecule has 0 unspecified atom stereocenters. The van der Waals surface area contributed by atoms with Gasteiger partial charge in [-0.2, -0.15) is 5.10 Å². The highest BCUT2D eigenvalue weighted by Gasteiger charge is 2.28. The highest BCUT2D eigenvalue weighted by molar-refractivity contribution is 6.13. The smallest absolute Gasteiger partial charge is 0.256 e. The lowest BCUT2D eigenvalue weighted by Gasteiger charge is -2.11. The molecule has 128 valence electrons. The van der Waals surface area contributed by atoms with E-state index in [1.54, 1.807) is 4.68 Å². The molecule has 1 aliphatic carbocycles. The Morgan fingerprint density at radius 1 is 1.20 bits per heavy atom. The molecule has 2 aromatic heterocycles. The third kappa shape index (κ3) is 2.80. The largest absolute Gasteiger partial charge is 0.322 e. The summed E-state index contributed by atoms with van der Waals surface area (Å²) in [7, 11) is 1.88. The molecule has 4 rings (SSSR count). The van der Waals surface area contributed by atoms with E-state index in [1.165, 1.54) is 5.56 Å². The molecular formula is C20H22N4O. The fourth-order valence-electron chi connectivity index (χ4n) is 3.37. The lowest BCUT2D eigenvalue weighted by molar-refractivity contribution is 0.102. The number of hydrogen-bond donors (Lipinski definition) is 1. The first-order chi connectivity index (χ1) is 11.9. The van der Waals surface area contributed by atoms with Crippen molar-refractivity contribution in [1.82, 2.24) is 14.8 Å². The lowest BCUT2D eigenvalue weighted by atomic mass is 10.1. The predicted molar refractivity (Wildman–Crippen MR) is 99.1 cm³/mol. The normalized spacial score (nSPS) is 14.1. The Bertz CT molecular complexity index is 999. The zero-order chi connectivity index (χ0) is 17.7. The Kier molecular flexibility index (Phi) is 3.60. The zero-order valence-corrected chi connectivity index (χ0v) is 15.1. The van der Waals surface area contributed by atoms with Crippen LogP contribution in [0.25, 0.3) is 11.0 Å². The minimum Gasteiger partial charge on any atom is -0.322 e. The molecule has 1 saturated carbocycles. The molecule has 5 heteroatoms. The SMILES string of the molecule is Cc1ccc(NC(=O)c2cc(C3CC3)nc3c2c(C)nn3C)c(C)c1. The van der Waals surface area contributed by atoms with Gasteiger partial charge < -0.3 is 5.32 Å². The fraction of sp³-hybridized carbons (Fsp3) is 0.350. The summed E-state index contributed by atoms with van der Waals surface area (Å²) in [5.74, 6) is 0.379. The van der Waals surface area contributed by atoms with Gasteiger partial charge >= 0.3 is 0 Å². The molecule has 1 N–H and O–H groups in total. The number of benzene rings is 1. The van der Waals surface area contributed by atoms with Gasteiger partial charge in [-0.1, -0.05) is 17.7 Å². The van der Waals surface area contributed by atoms with Crippen LogP contribution in [0.2, 0.25) is 0 Å². The van der Waals surface area contributed by atoms with Crippen LogP contribution >= 0.6 is 0 Å². The van der Waals surface area contributed by atoms with E-state index in [0.717, 1.165) is 46.5 Å². The maximum Gasteiger partial charge on any atom is 0.256 e. The number of hydrogen-bond acceptors (Lipinski definition) is 3. The number of fused-ring (bicyclic) bond motifs is 1. The average Bonchev–Trinajstić information content (AvgIpc) is 3.37. The van der Waals surface area contributed by atoms with Gasteiger partial charge in [0.1, 0.15) is 0 Å². The second-order valence-electron chi connectivity index (χ2n) is 7.05. The van der Waals surface area contributed by atoms with E-state index >= 15 is 0 Å². The van der Waals surface area contributed by atoms with Crippen LogP contribution in [0.4, 0.5) is 5.69 Å². The standard InChI is InChI=1S/C20H22N4O/c1-11-5-8-16(12(2)9-11)22-20(25)15-10-17(14-6-7-14)21-19-18(15)13(3)23-24(19)4/h5,8-10,14H,6-7H2,1-4H3,(H,22,25). The minimum atomic E-state index is -0.0997. The summed E-state index contributed by atoms with van der Waals surface area (Å²) in [5, 5.41) is 8.37. The topological polar surface area (TPSA) is 59.8 Å². The summed E-state index contributed by atoms with van der Waals surface area (Å²) >= 11 is 0. The second-order valence-corrected chi connectivity index (χ2v) is 7.05. The second kappa shape index (κ2) is 5.69. The van der Waals surface area contributed by atoms with Gasteiger partial charge in [0.2, 0.25) is 0 Å². The average molecular weight is 334 g/mol. The molecule has 3 aromatic rings. The molecule has 0 saturated heterocycles. The molecule has 0 atom stereocenters. The molecule has 25 heavy (non-hydrogen) atoms. The van der Waals surface area contributed by atoms with E-state index < -0.39 is 0 Å². The monoisotopic (exact) mass is 334 g/mol. The maximum absolute atomic E-state index is 13.0. The summed E-state index contributed by atoms with van der Waals surface area (Å²) in [6, 6.07) is 7.99. The molecule has 1 aliphatic rings. The van der Waals surface area contributed by atoms with Crippen molar-refractivity contribution in [2.75, 3.05) is 5.32 Å². The fourth-order valence-corrected chi connectivity index (χ4v) is 3.37. The van der Waals surface area contributed by atoms with E-state index in [0.29, 0.717) is 11.5 Å². The van der Waals surface area contributed by atoms with Crippen molar-refractivity contribution in [3.63, 3.8) is 0 Å². The molecule has 0 radical (unpaired) electrons. The number of nitrogens with zero attached hydrogens (tertiary/aromatic N) is 3. The lowest BCUT2D eigenvalue weighted by Crippen LogP contribution is -2.14. The predicted octanol–water partition coefficient (Wildman–Crippen LogP) is 4.02. The number of rotatable bonds is 3. The van der Waals surface area contributed by atoms with E-state index in [4.69, 9.17) is 4.98 Å². The Balaban J connectivity index is 1.80. The van der Waals surface area contributed by atoms with Gasteiger partial charge in [0, 0.05) is 24.3 Å². The van der Waals surface area contributed by atoms with Crippen LogP contribution in [-0.4, -0.2) is 20.7 Å². The van der Waals surface area contributed by atoms with E-state index in [-0.39, 0.29) is 5.91 Å². The van der Waals surface area contributed by atoms with Crippen molar-refractivity contribution in [2.24, 2.45) is 7.05 Å². The Hall–Kier alpha value is -2.69. The summed E-state index contributed by atoms with van der Waals surface area (Å²) in [4.78, 5) is 17.8.